The quantitative estimate of drug-likeness (QED) is 0.853. The highest BCUT2D eigenvalue weighted by molar-refractivity contribution is 9.10. The number of pyridine rings is 1. The van der Waals surface area contributed by atoms with Crippen LogP contribution in [0.5, 0.6) is 0 Å². The summed E-state index contributed by atoms with van der Waals surface area (Å²) in [6.45, 7) is 2.60. The zero-order chi connectivity index (χ0) is 14.5. The van der Waals surface area contributed by atoms with Gasteiger partial charge in [0.05, 0.1) is 5.56 Å². The Morgan fingerprint density at radius 3 is 2.85 bits per heavy atom. The van der Waals surface area contributed by atoms with E-state index in [0.717, 1.165) is 4.47 Å². The van der Waals surface area contributed by atoms with Crippen molar-refractivity contribution in [2.24, 2.45) is 0 Å². The van der Waals surface area contributed by atoms with E-state index in [1.165, 1.54) is 12.3 Å². The maximum Gasteiger partial charge on any atom is 0.255 e. The van der Waals surface area contributed by atoms with Gasteiger partial charge in [-0.15, -0.1) is 0 Å². The van der Waals surface area contributed by atoms with Gasteiger partial charge in [-0.2, -0.15) is 0 Å². The smallest absolute Gasteiger partial charge is 0.255 e. The normalized spacial score (nSPS) is 10.3. The van der Waals surface area contributed by atoms with Crippen LogP contribution in [0.1, 0.15) is 22.8 Å². The molecule has 0 aliphatic rings. The lowest BCUT2D eigenvalue weighted by atomic mass is 10.1. The van der Waals surface area contributed by atoms with Gasteiger partial charge in [0.2, 0.25) is 0 Å². The number of nitrogens with zero attached hydrogens (tertiary/aromatic N) is 2. The molecule has 3 nitrogen and oxygen atoms in total. The second-order valence-electron chi connectivity index (χ2n) is 4.30. The molecule has 5 heteroatoms. The molecule has 0 bridgehead atoms. The number of halogens is 2. The molecule has 104 valence electrons. The lowest BCUT2D eigenvalue weighted by molar-refractivity contribution is 0.0750. The molecular formula is C15H14BrFN2O. The van der Waals surface area contributed by atoms with Gasteiger partial charge in [0.1, 0.15) is 5.82 Å². The predicted molar refractivity (Wildman–Crippen MR) is 78.8 cm³/mol. The standard InChI is InChI=1S/C15H14BrFN2O/c1-2-19(15(20)11-4-3-7-18-9-11)10-12-8-13(16)5-6-14(12)17/h3-9H,2,10H2,1H3. The second-order valence-corrected chi connectivity index (χ2v) is 5.21. The molecule has 1 amide bonds. The molecule has 0 spiro atoms. The zero-order valence-electron chi connectivity index (χ0n) is 11.0. The Bertz CT molecular complexity index is 604. The number of aromatic nitrogens is 1. The van der Waals surface area contributed by atoms with Crippen molar-refractivity contribution in [3.05, 3.63) is 64.1 Å². The first-order chi connectivity index (χ1) is 9.61. The Hall–Kier alpha value is -1.75. The molecule has 0 aliphatic heterocycles. The summed E-state index contributed by atoms with van der Waals surface area (Å²) >= 11 is 3.31. The fourth-order valence-corrected chi connectivity index (χ4v) is 2.28. The molecule has 0 unspecified atom stereocenters. The monoisotopic (exact) mass is 336 g/mol. The predicted octanol–water partition coefficient (Wildman–Crippen LogP) is 3.65. The molecule has 1 aromatic carbocycles. The molecule has 0 radical (unpaired) electrons. The van der Waals surface area contributed by atoms with Gasteiger partial charge in [-0.05, 0) is 37.3 Å². The van der Waals surface area contributed by atoms with Crippen molar-refractivity contribution in [3.8, 4) is 0 Å². The van der Waals surface area contributed by atoms with Crippen LogP contribution >= 0.6 is 15.9 Å². The van der Waals surface area contributed by atoms with Crippen molar-refractivity contribution in [2.75, 3.05) is 6.54 Å². The first kappa shape index (κ1) is 14.7. The van der Waals surface area contributed by atoms with E-state index in [4.69, 9.17) is 0 Å². The highest BCUT2D eigenvalue weighted by Crippen LogP contribution is 2.18. The van der Waals surface area contributed by atoms with Crippen molar-refractivity contribution in [1.82, 2.24) is 9.88 Å². The molecule has 0 N–H and O–H groups in total. The third-order valence-corrected chi connectivity index (χ3v) is 3.44. The van der Waals surface area contributed by atoms with Gasteiger partial charge < -0.3 is 4.90 Å². The van der Waals surface area contributed by atoms with Crippen LogP contribution in [0.4, 0.5) is 4.39 Å². The summed E-state index contributed by atoms with van der Waals surface area (Å²) < 4.78 is 14.6. The number of hydrogen-bond donors (Lipinski definition) is 0. The van der Waals surface area contributed by atoms with E-state index in [0.29, 0.717) is 17.7 Å². The van der Waals surface area contributed by atoms with Gasteiger partial charge in [0.25, 0.3) is 5.91 Å². The topological polar surface area (TPSA) is 33.2 Å². The third kappa shape index (κ3) is 3.42. The Labute approximate surface area is 125 Å². The van der Waals surface area contributed by atoms with E-state index in [1.807, 2.05) is 6.92 Å². The van der Waals surface area contributed by atoms with Crippen molar-refractivity contribution >= 4 is 21.8 Å². The Morgan fingerprint density at radius 2 is 2.20 bits per heavy atom. The van der Waals surface area contributed by atoms with Crippen LogP contribution in [0.3, 0.4) is 0 Å². The Kier molecular flexibility index (Phi) is 4.84. The molecule has 0 saturated heterocycles. The van der Waals surface area contributed by atoms with Crippen LogP contribution in [0, 0.1) is 5.82 Å². The number of hydrogen-bond acceptors (Lipinski definition) is 2. The first-order valence-corrected chi connectivity index (χ1v) is 7.04. The summed E-state index contributed by atoms with van der Waals surface area (Å²) in [7, 11) is 0. The van der Waals surface area contributed by atoms with E-state index in [-0.39, 0.29) is 18.3 Å². The second kappa shape index (κ2) is 6.61. The van der Waals surface area contributed by atoms with Crippen LogP contribution in [0.15, 0.2) is 47.2 Å². The molecule has 0 aliphatic carbocycles. The van der Waals surface area contributed by atoms with E-state index in [9.17, 15) is 9.18 Å². The largest absolute Gasteiger partial charge is 0.334 e. The minimum atomic E-state index is -0.314. The number of carbonyl (C=O) groups is 1. The fourth-order valence-electron chi connectivity index (χ4n) is 1.87. The molecular weight excluding hydrogens is 323 g/mol. The van der Waals surface area contributed by atoms with Crippen LogP contribution in [0.25, 0.3) is 0 Å². The molecule has 0 atom stereocenters. The number of amides is 1. The molecule has 0 saturated carbocycles. The summed E-state index contributed by atoms with van der Waals surface area (Å²) in [5, 5.41) is 0. The van der Waals surface area contributed by atoms with Crippen LogP contribution in [0.2, 0.25) is 0 Å². The minimum absolute atomic E-state index is 0.153. The van der Waals surface area contributed by atoms with E-state index in [1.54, 1.807) is 35.4 Å². The Balaban J connectivity index is 2.21. The van der Waals surface area contributed by atoms with Crippen LogP contribution in [-0.4, -0.2) is 22.3 Å². The molecule has 0 fully saturated rings. The molecule has 1 aromatic heterocycles. The van der Waals surface area contributed by atoms with Gasteiger partial charge in [-0.25, -0.2) is 4.39 Å². The molecule has 2 aromatic rings. The van der Waals surface area contributed by atoms with E-state index in [2.05, 4.69) is 20.9 Å². The minimum Gasteiger partial charge on any atom is -0.334 e. The number of benzene rings is 1. The maximum absolute atomic E-state index is 13.8. The van der Waals surface area contributed by atoms with Crippen molar-refractivity contribution < 1.29 is 9.18 Å². The Morgan fingerprint density at radius 1 is 1.40 bits per heavy atom. The lowest BCUT2D eigenvalue weighted by Crippen LogP contribution is -2.30. The lowest BCUT2D eigenvalue weighted by Gasteiger charge is -2.21. The summed E-state index contributed by atoms with van der Waals surface area (Å²) in [5.41, 5.74) is 0.989. The van der Waals surface area contributed by atoms with Crippen LogP contribution in [-0.2, 0) is 6.54 Å². The van der Waals surface area contributed by atoms with Gasteiger partial charge >= 0.3 is 0 Å². The molecule has 20 heavy (non-hydrogen) atoms. The average Bonchev–Trinajstić information content (AvgIpc) is 2.48. The molecule has 1 heterocycles. The van der Waals surface area contributed by atoms with Crippen molar-refractivity contribution in [3.63, 3.8) is 0 Å². The van der Waals surface area contributed by atoms with Crippen molar-refractivity contribution in [2.45, 2.75) is 13.5 Å². The summed E-state index contributed by atoms with van der Waals surface area (Å²) in [5.74, 6) is -0.467. The van der Waals surface area contributed by atoms with Gasteiger partial charge in [0.15, 0.2) is 0 Å². The molecule has 2 rings (SSSR count). The van der Waals surface area contributed by atoms with Crippen molar-refractivity contribution in [1.29, 1.82) is 0 Å². The first-order valence-electron chi connectivity index (χ1n) is 6.25. The van der Waals surface area contributed by atoms with E-state index < -0.39 is 0 Å². The maximum atomic E-state index is 13.8. The summed E-state index contributed by atoms with van der Waals surface area (Å²) in [6, 6.07) is 8.13. The SMILES string of the molecule is CCN(Cc1cc(Br)ccc1F)C(=O)c1cccnc1. The van der Waals surface area contributed by atoms with Crippen LogP contribution < -0.4 is 0 Å². The number of carbonyl (C=O) groups excluding carboxylic acids is 1. The average molecular weight is 337 g/mol. The van der Waals surface area contributed by atoms with Gasteiger partial charge in [-0.3, -0.25) is 9.78 Å². The fraction of sp³-hybridized carbons (Fsp3) is 0.200. The highest BCUT2D eigenvalue weighted by atomic mass is 79.9. The highest BCUT2D eigenvalue weighted by Gasteiger charge is 2.16. The zero-order valence-corrected chi connectivity index (χ0v) is 12.6. The summed E-state index contributed by atoms with van der Waals surface area (Å²) in [6.07, 6.45) is 3.13. The van der Waals surface area contributed by atoms with E-state index >= 15 is 0 Å². The number of rotatable bonds is 4. The summed E-state index contributed by atoms with van der Waals surface area (Å²) in [4.78, 5) is 17.8. The van der Waals surface area contributed by atoms with Gasteiger partial charge in [0, 0.05) is 35.5 Å². The third-order valence-electron chi connectivity index (χ3n) is 2.95. The van der Waals surface area contributed by atoms with Gasteiger partial charge in [-0.1, -0.05) is 15.9 Å².